The number of amides is 1. The van der Waals surface area contributed by atoms with Crippen LogP contribution in [-0.2, 0) is 9.53 Å². The first-order valence-corrected chi connectivity index (χ1v) is 8.12. The summed E-state index contributed by atoms with van der Waals surface area (Å²) in [6.45, 7) is 3.32. The summed E-state index contributed by atoms with van der Waals surface area (Å²) in [6.07, 6.45) is 12.1. The van der Waals surface area contributed by atoms with Gasteiger partial charge in [0, 0.05) is 19.1 Å². The van der Waals surface area contributed by atoms with Gasteiger partial charge in [-0.2, -0.15) is 0 Å². The van der Waals surface area contributed by atoms with Crippen LogP contribution in [0.15, 0.2) is 12.2 Å². The van der Waals surface area contributed by atoms with Gasteiger partial charge in [0.1, 0.15) is 5.54 Å². The van der Waals surface area contributed by atoms with Crippen LogP contribution in [0.4, 0.5) is 0 Å². The van der Waals surface area contributed by atoms with Crippen molar-refractivity contribution in [1.29, 1.82) is 0 Å². The summed E-state index contributed by atoms with van der Waals surface area (Å²) >= 11 is 0. The maximum Gasteiger partial charge on any atom is 0.240 e. The quantitative estimate of drug-likeness (QED) is 0.801. The minimum Gasteiger partial charge on any atom is -0.379 e. The lowest BCUT2D eigenvalue weighted by Crippen LogP contribution is -2.63. The predicted octanol–water partition coefficient (Wildman–Crippen LogP) is 1.86. The standard InChI is InChI=1S/C16H26N2O2/c19-15(17-14-6-2-3-7-14)16(8-4-1-5-9-16)18-10-12-20-13-11-18/h2,6,14H,1,3-5,7-13H2,(H,17,19). The molecule has 1 unspecified atom stereocenters. The van der Waals surface area contributed by atoms with E-state index in [-0.39, 0.29) is 17.5 Å². The van der Waals surface area contributed by atoms with Crippen molar-refractivity contribution in [3.63, 3.8) is 0 Å². The van der Waals surface area contributed by atoms with Crippen molar-refractivity contribution in [3.8, 4) is 0 Å². The first-order valence-electron chi connectivity index (χ1n) is 8.12. The van der Waals surface area contributed by atoms with Crippen molar-refractivity contribution in [3.05, 3.63) is 12.2 Å². The first kappa shape index (κ1) is 14.1. The van der Waals surface area contributed by atoms with E-state index in [1.165, 1.54) is 19.3 Å². The van der Waals surface area contributed by atoms with E-state index in [0.717, 1.165) is 52.0 Å². The number of hydrogen-bond acceptors (Lipinski definition) is 3. The van der Waals surface area contributed by atoms with E-state index in [1.54, 1.807) is 0 Å². The summed E-state index contributed by atoms with van der Waals surface area (Å²) in [6, 6.07) is 0.252. The van der Waals surface area contributed by atoms with Gasteiger partial charge in [-0.05, 0) is 25.7 Å². The number of carbonyl (C=O) groups excluding carboxylic acids is 1. The van der Waals surface area contributed by atoms with Gasteiger partial charge in [-0.3, -0.25) is 9.69 Å². The monoisotopic (exact) mass is 278 g/mol. The Morgan fingerprint density at radius 3 is 2.60 bits per heavy atom. The lowest BCUT2D eigenvalue weighted by atomic mass is 9.79. The summed E-state index contributed by atoms with van der Waals surface area (Å²) < 4.78 is 5.46. The van der Waals surface area contributed by atoms with E-state index in [2.05, 4.69) is 22.4 Å². The van der Waals surface area contributed by atoms with Crippen LogP contribution in [-0.4, -0.2) is 48.7 Å². The molecular formula is C16H26N2O2. The fourth-order valence-corrected chi connectivity index (χ4v) is 3.87. The molecule has 20 heavy (non-hydrogen) atoms. The zero-order valence-electron chi connectivity index (χ0n) is 12.3. The summed E-state index contributed by atoms with van der Waals surface area (Å²) in [4.78, 5) is 15.3. The van der Waals surface area contributed by atoms with E-state index in [9.17, 15) is 4.79 Å². The molecule has 112 valence electrons. The molecule has 0 aromatic heterocycles. The van der Waals surface area contributed by atoms with Crippen molar-refractivity contribution in [2.75, 3.05) is 26.3 Å². The molecule has 0 aromatic carbocycles. The number of nitrogens with zero attached hydrogens (tertiary/aromatic N) is 1. The second-order valence-electron chi connectivity index (χ2n) is 6.28. The molecule has 2 fully saturated rings. The van der Waals surface area contributed by atoms with E-state index in [4.69, 9.17) is 4.74 Å². The summed E-state index contributed by atoms with van der Waals surface area (Å²) in [5, 5.41) is 3.28. The topological polar surface area (TPSA) is 41.6 Å². The van der Waals surface area contributed by atoms with Gasteiger partial charge in [0.15, 0.2) is 0 Å². The van der Waals surface area contributed by atoms with Crippen LogP contribution in [0.25, 0.3) is 0 Å². The Bertz CT molecular complexity index is 369. The fraction of sp³-hybridized carbons (Fsp3) is 0.812. The van der Waals surface area contributed by atoms with Crippen molar-refractivity contribution in [1.82, 2.24) is 10.2 Å². The molecule has 4 heteroatoms. The maximum atomic E-state index is 12.9. The maximum absolute atomic E-state index is 12.9. The van der Waals surface area contributed by atoms with Crippen LogP contribution in [0, 0.1) is 0 Å². The molecule has 0 radical (unpaired) electrons. The molecule has 4 nitrogen and oxygen atoms in total. The van der Waals surface area contributed by atoms with Gasteiger partial charge >= 0.3 is 0 Å². The number of carbonyl (C=O) groups is 1. The molecule has 1 amide bonds. The molecule has 0 spiro atoms. The minimum absolute atomic E-state index is 0.252. The molecule has 1 saturated carbocycles. The van der Waals surface area contributed by atoms with Crippen LogP contribution >= 0.6 is 0 Å². The molecule has 3 aliphatic rings. The lowest BCUT2D eigenvalue weighted by molar-refractivity contribution is -0.140. The molecule has 3 rings (SSSR count). The molecular weight excluding hydrogens is 252 g/mol. The highest BCUT2D eigenvalue weighted by Gasteiger charge is 2.45. The van der Waals surface area contributed by atoms with Crippen molar-refractivity contribution >= 4 is 5.91 Å². The molecule has 2 aliphatic carbocycles. The molecule has 1 atom stereocenters. The van der Waals surface area contributed by atoms with E-state index in [0.29, 0.717) is 0 Å². The highest BCUT2D eigenvalue weighted by molar-refractivity contribution is 5.87. The average Bonchev–Trinajstić information content (AvgIpc) is 3.02. The number of rotatable bonds is 3. The number of ether oxygens (including phenoxy) is 1. The second-order valence-corrected chi connectivity index (χ2v) is 6.28. The van der Waals surface area contributed by atoms with Gasteiger partial charge in [0.05, 0.1) is 13.2 Å². The highest BCUT2D eigenvalue weighted by Crippen LogP contribution is 2.35. The molecule has 0 bridgehead atoms. The molecule has 1 aliphatic heterocycles. The Morgan fingerprint density at radius 2 is 1.95 bits per heavy atom. The van der Waals surface area contributed by atoms with Gasteiger partial charge in [-0.15, -0.1) is 0 Å². The van der Waals surface area contributed by atoms with Crippen LogP contribution in [0.3, 0.4) is 0 Å². The fourth-order valence-electron chi connectivity index (χ4n) is 3.87. The van der Waals surface area contributed by atoms with Crippen molar-refractivity contribution in [2.24, 2.45) is 0 Å². The van der Waals surface area contributed by atoms with Gasteiger partial charge in [-0.25, -0.2) is 0 Å². The van der Waals surface area contributed by atoms with Gasteiger partial charge in [0.25, 0.3) is 0 Å². The largest absolute Gasteiger partial charge is 0.379 e. The van der Waals surface area contributed by atoms with E-state index in [1.807, 2.05) is 0 Å². The van der Waals surface area contributed by atoms with Gasteiger partial charge in [0.2, 0.25) is 5.91 Å². The predicted molar refractivity (Wildman–Crippen MR) is 78.5 cm³/mol. The van der Waals surface area contributed by atoms with E-state index < -0.39 is 0 Å². The van der Waals surface area contributed by atoms with Crippen molar-refractivity contribution < 1.29 is 9.53 Å². The zero-order chi connectivity index (χ0) is 13.8. The lowest BCUT2D eigenvalue weighted by Gasteiger charge is -2.46. The number of nitrogens with one attached hydrogen (secondary N) is 1. The highest BCUT2D eigenvalue weighted by atomic mass is 16.5. The van der Waals surface area contributed by atoms with Gasteiger partial charge < -0.3 is 10.1 Å². The summed E-state index contributed by atoms with van der Waals surface area (Å²) in [5.41, 5.74) is -0.265. The Hall–Kier alpha value is -0.870. The van der Waals surface area contributed by atoms with Crippen LogP contribution in [0.1, 0.15) is 44.9 Å². The zero-order valence-corrected chi connectivity index (χ0v) is 12.3. The summed E-state index contributed by atoms with van der Waals surface area (Å²) in [7, 11) is 0. The molecule has 1 N–H and O–H groups in total. The second kappa shape index (κ2) is 6.27. The third-order valence-electron chi connectivity index (χ3n) is 5.05. The van der Waals surface area contributed by atoms with E-state index >= 15 is 0 Å². The smallest absolute Gasteiger partial charge is 0.240 e. The number of allylic oxidation sites excluding steroid dienone is 1. The summed E-state index contributed by atoms with van der Waals surface area (Å²) in [5.74, 6) is 0.260. The Labute approximate surface area is 121 Å². The Morgan fingerprint density at radius 1 is 1.20 bits per heavy atom. The van der Waals surface area contributed by atoms with Crippen LogP contribution in [0.5, 0.6) is 0 Å². The molecule has 1 saturated heterocycles. The van der Waals surface area contributed by atoms with Crippen LogP contribution < -0.4 is 5.32 Å². The van der Waals surface area contributed by atoms with Crippen LogP contribution in [0.2, 0.25) is 0 Å². The SMILES string of the molecule is O=C(NC1C=CCC1)C1(N2CCOCC2)CCCCC1. The normalized spacial score (nSPS) is 30.3. The Kier molecular flexibility index (Phi) is 4.41. The third-order valence-corrected chi connectivity index (χ3v) is 5.05. The average molecular weight is 278 g/mol. The Balaban J connectivity index is 1.73. The third kappa shape index (κ3) is 2.77. The first-order chi connectivity index (χ1) is 9.81. The number of hydrogen-bond donors (Lipinski definition) is 1. The molecule has 0 aromatic rings. The number of morpholine rings is 1. The molecule has 1 heterocycles. The minimum atomic E-state index is -0.265. The van der Waals surface area contributed by atoms with Gasteiger partial charge in [-0.1, -0.05) is 31.4 Å². The van der Waals surface area contributed by atoms with Crippen molar-refractivity contribution in [2.45, 2.75) is 56.5 Å².